The van der Waals surface area contributed by atoms with Crippen LogP contribution in [0.1, 0.15) is 9.75 Å². The van der Waals surface area contributed by atoms with Gasteiger partial charge in [0.25, 0.3) is 0 Å². The number of nitrogens with one attached hydrogen (secondary N) is 1. The molecular weight excluding hydrogens is 224 g/mol. The van der Waals surface area contributed by atoms with E-state index in [4.69, 9.17) is 5.11 Å². The van der Waals surface area contributed by atoms with Crippen LogP contribution in [0.5, 0.6) is 0 Å². The second-order valence-corrected chi connectivity index (χ2v) is 5.41. The fourth-order valence-electron chi connectivity index (χ4n) is 1.95. The number of nitrogens with zero attached hydrogens (tertiary/aromatic N) is 1. The number of carbonyl (C=O) groups is 1. The van der Waals surface area contributed by atoms with Gasteiger partial charge in [0.05, 0.1) is 0 Å². The Balaban J connectivity index is 2.03. The normalized spacial score (nSPS) is 22.2. The Kier molecular flexibility index (Phi) is 3.58. The predicted molar refractivity (Wildman–Crippen MR) is 63.8 cm³/mol. The molecule has 0 aromatic carbocycles. The minimum Gasteiger partial charge on any atom is -0.480 e. The largest absolute Gasteiger partial charge is 0.480 e. The van der Waals surface area contributed by atoms with Crippen molar-refractivity contribution >= 4 is 17.3 Å². The van der Waals surface area contributed by atoms with E-state index in [1.807, 2.05) is 4.90 Å². The Morgan fingerprint density at radius 2 is 2.50 bits per heavy atom. The van der Waals surface area contributed by atoms with E-state index in [-0.39, 0.29) is 0 Å². The number of carboxylic acids is 1. The van der Waals surface area contributed by atoms with Crippen LogP contribution >= 0.6 is 11.3 Å². The van der Waals surface area contributed by atoms with Crippen LogP contribution in [0.15, 0.2) is 12.1 Å². The van der Waals surface area contributed by atoms with Crippen molar-refractivity contribution in [3.8, 4) is 0 Å². The average molecular weight is 240 g/mol. The summed E-state index contributed by atoms with van der Waals surface area (Å²) < 4.78 is 0. The quantitative estimate of drug-likeness (QED) is 0.825. The van der Waals surface area contributed by atoms with Crippen LogP contribution in [0.25, 0.3) is 0 Å². The lowest BCUT2D eigenvalue weighted by Crippen LogP contribution is -2.54. The molecule has 2 rings (SSSR count). The van der Waals surface area contributed by atoms with Crippen molar-refractivity contribution < 1.29 is 9.90 Å². The van der Waals surface area contributed by atoms with Crippen LogP contribution in [0.3, 0.4) is 0 Å². The van der Waals surface area contributed by atoms with Gasteiger partial charge in [-0.3, -0.25) is 9.69 Å². The molecule has 4 nitrogen and oxygen atoms in total. The third-order valence-electron chi connectivity index (χ3n) is 2.79. The highest BCUT2D eigenvalue weighted by molar-refractivity contribution is 7.11. The molecule has 1 aliphatic rings. The van der Waals surface area contributed by atoms with Gasteiger partial charge in [-0.05, 0) is 19.1 Å². The average Bonchev–Trinajstić information content (AvgIpc) is 2.64. The van der Waals surface area contributed by atoms with Crippen molar-refractivity contribution in [1.29, 1.82) is 0 Å². The Bertz CT molecular complexity index is 378. The molecule has 16 heavy (non-hydrogen) atoms. The van der Waals surface area contributed by atoms with E-state index >= 15 is 0 Å². The zero-order chi connectivity index (χ0) is 11.5. The molecule has 0 aliphatic carbocycles. The van der Waals surface area contributed by atoms with E-state index in [0.717, 1.165) is 19.6 Å². The van der Waals surface area contributed by atoms with Crippen LogP contribution in [-0.2, 0) is 11.3 Å². The van der Waals surface area contributed by atoms with Crippen LogP contribution in [0, 0.1) is 6.92 Å². The molecule has 0 amide bonds. The lowest BCUT2D eigenvalue weighted by Gasteiger charge is -2.32. The minimum atomic E-state index is -0.736. The molecule has 0 bridgehead atoms. The first-order chi connectivity index (χ1) is 7.66. The highest BCUT2D eigenvalue weighted by Crippen LogP contribution is 2.18. The first kappa shape index (κ1) is 11.6. The van der Waals surface area contributed by atoms with E-state index in [9.17, 15) is 4.79 Å². The highest BCUT2D eigenvalue weighted by atomic mass is 32.1. The third-order valence-corrected chi connectivity index (χ3v) is 3.78. The summed E-state index contributed by atoms with van der Waals surface area (Å²) in [6.07, 6.45) is 0. The van der Waals surface area contributed by atoms with Gasteiger partial charge in [0.1, 0.15) is 6.04 Å². The van der Waals surface area contributed by atoms with Gasteiger partial charge in [0.15, 0.2) is 0 Å². The van der Waals surface area contributed by atoms with Gasteiger partial charge in [-0.25, -0.2) is 0 Å². The van der Waals surface area contributed by atoms with Gasteiger partial charge in [-0.2, -0.15) is 0 Å². The maximum atomic E-state index is 11.1. The number of piperazine rings is 1. The van der Waals surface area contributed by atoms with Crippen molar-refractivity contribution in [2.45, 2.75) is 19.5 Å². The van der Waals surface area contributed by atoms with Crippen LogP contribution in [0.4, 0.5) is 0 Å². The molecule has 5 heteroatoms. The first-order valence-corrected chi connectivity index (χ1v) is 6.21. The number of aliphatic carboxylic acids is 1. The first-order valence-electron chi connectivity index (χ1n) is 5.39. The van der Waals surface area contributed by atoms with Gasteiger partial charge < -0.3 is 10.4 Å². The van der Waals surface area contributed by atoms with E-state index in [1.165, 1.54) is 9.75 Å². The number of hydrogen-bond acceptors (Lipinski definition) is 4. The molecule has 2 heterocycles. The van der Waals surface area contributed by atoms with Crippen LogP contribution in [-0.4, -0.2) is 41.7 Å². The molecule has 1 aromatic heterocycles. The summed E-state index contributed by atoms with van der Waals surface area (Å²) >= 11 is 1.74. The van der Waals surface area contributed by atoms with E-state index in [2.05, 4.69) is 24.4 Å². The fraction of sp³-hybridized carbons (Fsp3) is 0.545. The molecule has 2 N–H and O–H groups in total. The number of hydrogen-bond donors (Lipinski definition) is 2. The predicted octanol–water partition coefficient (Wildman–Crippen LogP) is 0.915. The minimum absolute atomic E-state index is 0.392. The van der Waals surface area contributed by atoms with Crippen molar-refractivity contribution in [3.05, 3.63) is 21.9 Å². The number of rotatable bonds is 3. The summed E-state index contributed by atoms with van der Waals surface area (Å²) in [5.41, 5.74) is 0. The second kappa shape index (κ2) is 4.95. The molecule has 88 valence electrons. The van der Waals surface area contributed by atoms with Crippen LogP contribution in [0.2, 0.25) is 0 Å². The molecule has 1 aromatic rings. The summed E-state index contributed by atoms with van der Waals surface area (Å²) in [5, 5.41) is 12.2. The zero-order valence-electron chi connectivity index (χ0n) is 9.27. The number of aryl methyl sites for hydroxylation is 1. The summed E-state index contributed by atoms with van der Waals surface area (Å²) in [4.78, 5) is 15.6. The number of carboxylic acid groups (broad SMARTS) is 1. The maximum absolute atomic E-state index is 11.1. The lowest BCUT2D eigenvalue weighted by atomic mass is 10.2. The third kappa shape index (κ3) is 2.61. The smallest absolute Gasteiger partial charge is 0.322 e. The molecule has 1 fully saturated rings. The van der Waals surface area contributed by atoms with Gasteiger partial charge in [0.2, 0.25) is 0 Å². The van der Waals surface area contributed by atoms with E-state index in [1.54, 1.807) is 11.3 Å². The molecule has 1 aliphatic heterocycles. The molecule has 1 atom stereocenters. The SMILES string of the molecule is Cc1ccc(CN2CCNCC2C(=O)O)s1. The fourth-order valence-corrected chi connectivity index (χ4v) is 2.87. The molecule has 1 saturated heterocycles. The molecule has 0 spiro atoms. The molecular formula is C11H16N2O2S. The van der Waals surface area contributed by atoms with Gasteiger partial charge in [0, 0.05) is 35.9 Å². The van der Waals surface area contributed by atoms with Gasteiger partial charge in [-0.1, -0.05) is 0 Å². The summed E-state index contributed by atoms with van der Waals surface area (Å²) in [6, 6.07) is 3.77. The summed E-state index contributed by atoms with van der Waals surface area (Å²) in [7, 11) is 0. The molecule has 1 unspecified atom stereocenters. The molecule has 0 saturated carbocycles. The second-order valence-electron chi connectivity index (χ2n) is 4.04. The Morgan fingerprint density at radius 1 is 1.69 bits per heavy atom. The van der Waals surface area contributed by atoms with E-state index < -0.39 is 12.0 Å². The monoisotopic (exact) mass is 240 g/mol. The van der Waals surface area contributed by atoms with Crippen molar-refractivity contribution in [3.63, 3.8) is 0 Å². The molecule has 0 radical (unpaired) electrons. The summed E-state index contributed by atoms with van der Waals surface area (Å²) in [6.45, 7) is 5.03. The Hall–Kier alpha value is -0.910. The number of thiophene rings is 1. The van der Waals surface area contributed by atoms with Crippen molar-refractivity contribution in [2.24, 2.45) is 0 Å². The highest BCUT2D eigenvalue weighted by Gasteiger charge is 2.28. The standard InChI is InChI=1S/C11H16N2O2S/c1-8-2-3-9(16-8)7-13-5-4-12-6-10(13)11(14)15/h2-3,10,12H,4-7H2,1H3,(H,14,15). The zero-order valence-corrected chi connectivity index (χ0v) is 10.1. The summed E-state index contributed by atoms with van der Waals surface area (Å²) in [5.74, 6) is -0.736. The van der Waals surface area contributed by atoms with Gasteiger partial charge in [-0.15, -0.1) is 11.3 Å². The maximum Gasteiger partial charge on any atom is 0.322 e. The van der Waals surface area contributed by atoms with Crippen LogP contribution < -0.4 is 5.32 Å². The Morgan fingerprint density at radius 3 is 3.12 bits per heavy atom. The van der Waals surface area contributed by atoms with Gasteiger partial charge >= 0.3 is 5.97 Å². The Labute approximate surface area is 98.9 Å². The van der Waals surface area contributed by atoms with E-state index in [0.29, 0.717) is 6.54 Å². The van der Waals surface area contributed by atoms with Crippen molar-refractivity contribution in [2.75, 3.05) is 19.6 Å². The van der Waals surface area contributed by atoms with Crippen molar-refractivity contribution in [1.82, 2.24) is 10.2 Å². The lowest BCUT2D eigenvalue weighted by molar-refractivity contribution is -0.144. The topological polar surface area (TPSA) is 52.6 Å².